The van der Waals surface area contributed by atoms with Gasteiger partial charge >= 0.3 is 0 Å². The minimum absolute atomic E-state index is 0.125. The molecule has 1 fully saturated rings. The van der Waals surface area contributed by atoms with Crippen molar-refractivity contribution >= 4 is 11.7 Å². The lowest BCUT2D eigenvalue weighted by atomic mass is 10.0. The van der Waals surface area contributed by atoms with Gasteiger partial charge in [0.2, 0.25) is 5.91 Å². The van der Waals surface area contributed by atoms with Gasteiger partial charge in [0.05, 0.1) is 0 Å². The Morgan fingerprint density at radius 1 is 1.38 bits per heavy atom. The van der Waals surface area contributed by atoms with E-state index in [4.69, 9.17) is 0 Å². The van der Waals surface area contributed by atoms with Crippen molar-refractivity contribution in [3.63, 3.8) is 0 Å². The number of pyridine rings is 1. The Labute approximate surface area is 143 Å². The van der Waals surface area contributed by atoms with Gasteiger partial charge in [-0.15, -0.1) is 0 Å². The molecule has 0 aromatic carbocycles. The van der Waals surface area contributed by atoms with Gasteiger partial charge in [0.25, 0.3) is 0 Å². The summed E-state index contributed by atoms with van der Waals surface area (Å²) in [6, 6.07) is 6.32. The molecule has 0 unspecified atom stereocenters. The van der Waals surface area contributed by atoms with Crippen molar-refractivity contribution in [2.45, 2.75) is 39.3 Å². The van der Waals surface area contributed by atoms with E-state index >= 15 is 0 Å². The van der Waals surface area contributed by atoms with Crippen LogP contribution >= 0.6 is 0 Å². The smallest absolute Gasteiger partial charge is 0.242 e. The van der Waals surface area contributed by atoms with Crippen LogP contribution in [-0.4, -0.2) is 51.5 Å². The lowest BCUT2D eigenvalue weighted by Gasteiger charge is -2.38. The Balaban J connectivity index is 1.65. The zero-order valence-corrected chi connectivity index (χ0v) is 14.6. The molecule has 1 amide bonds. The molecular weight excluding hydrogens is 302 g/mol. The fourth-order valence-corrected chi connectivity index (χ4v) is 3.22. The second kappa shape index (κ2) is 7.03. The molecule has 1 aliphatic heterocycles. The van der Waals surface area contributed by atoms with Crippen LogP contribution in [0.15, 0.2) is 30.6 Å². The summed E-state index contributed by atoms with van der Waals surface area (Å²) in [6.07, 6.45) is 5.69. The van der Waals surface area contributed by atoms with Crippen LogP contribution in [0.4, 0.5) is 5.82 Å². The van der Waals surface area contributed by atoms with Crippen molar-refractivity contribution in [3.8, 4) is 0 Å². The van der Waals surface area contributed by atoms with Gasteiger partial charge in [0.15, 0.2) is 0 Å². The number of likely N-dealkylation sites (N-methyl/N-ethyl adjacent to an activating group) is 1. The van der Waals surface area contributed by atoms with Crippen molar-refractivity contribution in [1.29, 1.82) is 0 Å². The van der Waals surface area contributed by atoms with E-state index in [1.54, 1.807) is 6.20 Å². The number of hydrogen-bond acceptors (Lipinski definition) is 4. The lowest BCUT2D eigenvalue weighted by molar-refractivity contribution is -0.132. The molecule has 6 nitrogen and oxygen atoms in total. The number of anilines is 1. The van der Waals surface area contributed by atoms with Gasteiger partial charge < -0.3 is 14.4 Å². The van der Waals surface area contributed by atoms with E-state index in [1.807, 2.05) is 54.8 Å². The van der Waals surface area contributed by atoms with Gasteiger partial charge in [-0.05, 0) is 38.8 Å². The highest BCUT2D eigenvalue weighted by molar-refractivity contribution is 5.76. The fourth-order valence-electron chi connectivity index (χ4n) is 3.22. The summed E-state index contributed by atoms with van der Waals surface area (Å²) in [5.74, 6) is 2.00. The predicted octanol–water partition coefficient (Wildman–Crippen LogP) is 2.02. The Hall–Kier alpha value is -2.37. The maximum absolute atomic E-state index is 12.6. The molecule has 1 saturated heterocycles. The van der Waals surface area contributed by atoms with Crippen LogP contribution in [0, 0.1) is 13.8 Å². The van der Waals surface area contributed by atoms with Crippen molar-refractivity contribution in [1.82, 2.24) is 19.4 Å². The standard InChI is InChI=1S/C18H25N5O/c1-14-6-4-8-17(20-14)23-10-5-7-16(12-23)21(3)18(24)13-22-11-9-19-15(22)2/h4,6,8-9,11,16H,5,7,10,12-13H2,1-3H3/t16-/m0/s1. The monoisotopic (exact) mass is 327 g/mol. The summed E-state index contributed by atoms with van der Waals surface area (Å²) in [4.78, 5) is 25.6. The first-order chi connectivity index (χ1) is 11.5. The van der Waals surface area contributed by atoms with E-state index in [0.29, 0.717) is 6.54 Å². The van der Waals surface area contributed by atoms with Crippen LogP contribution in [0.25, 0.3) is 0 Å². The van der Waals surface area contributed by atoms with Crippen molar-refractivity contribution in [2.24, 2.45) is 0 Å². The molecule has 2 aromatic rings. The number of aryl methyl sites for hydroxylation is 2. The highest BCUT2D eigenvalue weighted by atomic mass is 16.2. The van der Waals surface area contributed by atoms with Crippen molar-refractivity contribution in [2.75, 3.05) is 25.0 Å². The molecule has 3 heterocycles. The highest BCUT2D eigenvalue weighted by Gasteiger charge is 2.27. The molecule has 128 valence electrons. The number of carbonyl (C=O) groups excluding carboxylic acids is 1. The number of aromatic nitrogens is 3. The van der Waals surface area contributed by atoms with Crippen molar-refractivity contribution in [3.05, 3.63) is 42.1 Å². The van der Waals surface area contributed by atoms with Crippen LogP contribution in [0.2, 0.25) is 0 Å². The van der Waals surface area contributed by atoms with Crippen LogP contribution in [0.3, 0.4) is 0 Å². The topological polar surface area (TPSA) is 54.3 Å². The highest BCUT2D eigenvalue weighted by Crippen LogP contribution is 2.21. The fraction of sp³-hybridized carbons (Fsp3) is 0.500. The first-order valence-corrected chi connectivity index (χ1v) is 8.46. The third kappa shape index (κ3) is 3.58. The summed E-state index contributed by atoms with van der Waals surface area (Å²) in [6.45, 7) is 6.10. The maximum atomic E-state index is 12.6. The zero-order valence-electron chi connectivity index (χ0n) is 14.6. The van der Waals surface area contributed by atoms with Crippen LogP contribution in [0.5, 0.6) is 0 Å². The Bertz CT molecular complexity index is 711. The Morgan fingerprint density at radius 3 is 2.92 bits per heavy atom. The number of amides is 1. The van der Waals surface area contributed by atoms with Gasteiger partial charge in [0, 0.05) is 44.3 Å². The quantitative estimate of drug-likeness (QED) is 0.862. The molecule has 2 aromatic heterocycles. The van der Waals surface area contributed by atoms with Crippen LogP contribution in [0.1, 0.15) is 24.4 Å². The molecule has 0 bridgehead atoms. The second-order valence-electron chi connectivity index (χ2n) is 6.49. The average molecular weight is 327 g/mol. The number of imidazole rings is 1. The predicted molar refractivity (Wildman–Crippen MR) is 93.9 cm³/mol. The van der Waals surface area contributed by atoms with E-state index in [0.717, 1.165) is 43.3 Å². The summed E-state index contributed by atoms with van der Waals surface area (Å²) in [7, 11) is 1.91. The van der Waals surface area contributed by atoms with Gasteiger partial charge in [-0.3, -0.25) is 4.79 Å². The normalized spacial score (nSPS) is 17.8. The first-order valence-electron chi connectivity index (χ1n) is 8.46. The number of nitrogens with zero attached hydrogens (tertiary/aromatic N) is 5. The summed E-state index contributed by atoms with van der Waals surface area (Å²) >= 11 is 0. The summed E-state index contributed by atoms with van der Waals surface area (Å²) in [5, 5.41) is 0. The minimum atomic E-state index is 0.125. The van der Waals surface area contributed by atoms with E-state index in [1.165, 1.54) is 0 Å². The molecule has 0 aliphatic carbocycles. The lowest BCUT2D eigenvalue weighted by Crippen LogP contribution is -2.49. The third-order valence-electron chi connectivity index (χ3n) is 4.76. The summed E-state index contributed by atoms with van der Waals surface area (Å²) < 4.78 is 1.89. The second-order valence-corrected chi connectivity index (χ2v) is 6.49. The Morgan fingerprint density at radius 2 is 2.21 bits per heavy atom. The van der Waals surface area contributed by atoms with Crippen LogP contribution in [-0.2, 0) is 11.3 Å². The molecule has 3 rings (SSSR count). The molecule has 0 spiro atoms. The van der Waals surface area contributed by atoms with Crippen LogP contribution < -0.4 is 4.90 Å². The average Bonchev–Trinajstić information content (AvgIpc) is 2.99. The maximum Gasteiger partial charge on any atom is 0.242 e. The van der Waals surface area contributed by atoms with E-state index < -0.39 is 0 Å². The molecule has 0 saturated carbocycles. The molecule has 0 N–H and O–H groups in total. The van der Waals surface area contributed by atoms with Gasteiger partial charge in [0.1, 0.15) is 18.2 Å². The Kier molecular flexibility index (Phi) is 4.83. The van der Waals surface area contributed by atoms with Crippen molar-refractivity contribution < 1.29 is 4.79 Å². The summed E-state index contributed by atoms with van der Waals surface area (Å²) in [5.41, 5.74) is 1.02. The van der Waals surface area contributed by atoms with E-state index in [-0.39, 0.29) is 11.9 Å². The minimum Gasteiger partial charge on any atom is -0.355 e. The number of rotatable bonds is 4. The number of piperidine rings is 1. The molecule has 24 heavy (non-hydrogen) atoms. The molecule has 0 radical (unpaired) electrons. The molecule has 1 atom stereocenters. The van der Waals surface area contributed by atoms with Gasteiger partial charge in [-0.2, -0.15) is 0 Å². The zero-order chi connectivity index (χ0) is 17.1. The van der Waals surface area contributed by atoms with Gasteiger partial charge in [-0.1, -0.05) is 6.07 Å². The SMILES string of the molecule is Cc1cccc(N2CCC[C@H](N(C)C(=O)Cn3ccnc3C)C2)n1. The molecule has 1 aliphatic rings. The van der Waals surface area contributed by atoms with E-state index in [9.17, 15) is 4.79 Å². The number of hydrogen-bond donors (Lipinski definition) is 0. The number of carbonyl (C=O) groups is 1. The molecule has 6 heteroatoms. The first kappa shape index (κ1) is 16.5. The third-order valence-corrected chi connectivity index (χ3v) is 4.76. The largest absolute Gasteiger partial charge is 0.355 e. The van der Waals surface area contributed by atoms with Gasteiger partial charge in [-0.25, -0.2) is 9.97 Å². The van der Waals surface area contributed by atoms with E-state index in [2.05, 4.69) is 14.9 Å². The molecular formula is C18H25N5O.